The number of rotatable bonds is 3. The van der Waals surface area contributed by atoms with Crippen LogP contribution in [0.3, 0.4) is 0 Å². The van der Waals surface area contributed by atoms with Gasteiger partial charge in [0, 0.05) is 26.2 Å². The molecule has 0 spiro atoms. The average Bonchev–Trinajstić information content (AvgIpc) is 2.58. The number of para-hydroxylation sites is 1. The third-order valence-corrected chi connectivity index (χ3v) is 3.70. The second-order valence-electron chi connectivity index (χ2n) is 4.88. The summed E-state index contributed by atoms with van der Waals surface area (Å²) >= 11 is 6.22. The number of hydrogen-bond acceptors (Lipinski definition) is 6. The summed E-state index contributed by atoms with van der Waals surface area (Å²) in [4.78, 5) is 10.8. The Bertz CT molecular complexity index is 709. The molecule has 2 N–H and O–H groups in total. The number of nitrogens with one attached hydrogen (secondary N) is 2. The van der Waals surface area contributed by atoms with Gasteiger partial charge in [0.15, 0.2) is 5.82 Å². The van der Waals surface area contributed by atoms with E-state index in [1.165, 1.54) is 0 Å². The first kappa shape index (κ1) is 17.3. The van der Waals surface area contributed by atoms with Crippen LogP contribution in [-0.4, -0.2) is 36.1 Å². The predicted molar refractivity (Wildman–Crippen MR) is 93.8 cm³/mol. The molecule has 6 nitrogen and oxygen atoms in total. The molecule has 1 aliphatic heterocycles. The van der Waals surface area contributed by atoms with Crippen molar-refractivity contribution in [2.45, 2.75) is 0 Å². The fraction of sp³-hybridized carbons (Fsp3) is 0.267. The van der Waals surface area contributed by atoms with E-state index < -0.39 is 0 Å². The quantitative estimate of drug-likeness (QED) is 0.885. The normalized spacial score (nSPS) is 13.8. The van der Waals surface area contributed by atoms with E-state index in [-0.39, 0.29) is 12.4 Å². The Morgan fingerprint density at radius 2 is 2.00 bits per heavy atom. The Hall–Kier alpha value is -2.07. The lowest BCUT2D eigenvalue weighted by molar-refractivity contribution is 0.585. The summed E-state index contributed by atoms with van der Waals surface area (Å²) in [5.74, 6) is 1.15. The van der Waals surface area contributed by atoms with Crippen LogP contribution in [-0.2, 0) is 0 Å². The molecule has 1 aliphatic rings. The number of piperazine rings is 1. The van der Waals surface area contributed by atoms with Crippen molar-refractivity contribution in [1.29, 1.82) is 5.26 Å². The lowest BCUT2D eigenvalue weighted by atomic mass is 10.2. The van der Waals surface area contributed by atoms with Crippen molar-refractivity contribution in [3.63, 3.8) is 0 Å². The second kappa shape index (κ2) is 7.97. The maximum atomic E-state index is 9.13. The molecule has 0 radical (unpaired) electrons. The maximum absolute atomic E-state index is 9.13. The van der Waals surface area contributed by atoms with Gasteiger partial charge in [-0.1, -0.05) is 23.7 Å². The summed E-state index contributed by atoms with van der Waals surface area (Å²) in [6.45, 7) is 3.51. The Labute approximate surface area is 145 Å². The number of halogens is 2. The van der Waals surface area contributed by atoms with Gasteiger partial charge in [0.05, 0.1) is 17.4 Å². The molecule has 0 aliphatic carbocycles. The van der Waals surface area contributed by atoms with Crippen molar-refractivity contribution in [3.8, 4) is 6.07 Å². The summed E-state index contributed by atoms with van der Waals surface area (Å²) in [7, 11) is 0. The van der Waals surface area contributed by atoms with Gasteiger partial charge in [-0.3, -0.25) is 0 Å². The van der Waals surface area contributed by atoms with Gasteiger partial charge in [0.1, 0.15) is 11.1 Å². The first-order valence-electron chi connectivity index (χ1n) is 7.02. The van der Waals surface area contributed by atoms with Gasteiger partial charge < -0.3 is 15.5 Å². The van der Waals surface area contributed by atoms with E-state index in [0.29, 0.717) is 22.2 Å². The molecule has 23 heavy (non-hydrogen) atoms. The molecule has 0 amide bonds. The molecule has 1 aromatic heterocycles. The molecule has 0 atom stereocenters. The lowest BCUT2D eigenvalue weighted by Gasteiger charge is -2.29. The summed E-state index contributed by atoms with van der Waals surface area (Å²) in [5.41, 5.74) is 1.23. The van der Waals surface area contributed by atoms with Crippen LogP contribution in [0.4, 0.5) is 17.5 Å². The Morgan fingerprint density at radius 3 is 2.74 bits per heavy atom. The van der Waals surface area contributed by atoms with Crippen molar-refractivity contribution in [3.05, 3.63) is 41.0 Å². The SMILES string of the molecule is Cl.N#Cc1ccccc1Nc1ncc(Cl)c(N2CCNCC2)n1. The molecule has 2 aromatic rings. The first-order chi connectivity index (χ1) is 10.8. The van der Waals surface area contributed by atoms with Gasteiger partial charge in [0.25, 0.3) is 0 Å². The van der Waals surface area contributed by atoms with Crippen molar-refractivity contribution in [2.24, 2.45) is 0 Å². The fourth-order valence-corrected chi connectivity index (χ4v) is 2.54. The molecular formula is C15H16Cl2N6. The van der Waals surface area contributed by atoms with Crippen LogP contribution in [0.1, 0.15) is 5.56 Å². The predicted octanol–water partition coefficient (Wildman–Crippen LogP) is 2.58. The highest BCUT2D eigenvalue weighted by Gasteiger charge is 2.16. The van der Waals surface area contributed by atoms with E-state index in [9.17, 15) is 0 Å². The van der Waals surface area contributed by atoms with Crippen LogP contribution < -0.4 is 15.5 Å². The molecule has 1 saturated heterocycles. The van der Waals surface area contributed by atoms with Crippen LogP contribution in [0.5, 0.6) is 0 Å². The molecular weight excluding hydrogens is 335 g/mol. The average molecular weight is 351 g/mol. The van der Waals surface area contributed by atoms with E-state index in [2.05, 4.69) is 31.6 Å². The molecule has 0 bridgehead atoms. The van der Waals surface area contributed by atoms with E-state index in [4.69, 9.17) is 16.9 Å². The zero-order chi connectivity index (χ0) is 15.4. The smallest absolute Gasteiger partial charge is 0.229 e. The minimum atomic E-state index is 0. The second-order valence-corrected chi connectivity index (χ2v) is 5.29. The van der Waals surface area contributed by atoms with Crippen LogP contribution >= 0.6 is 24.0 Å². The molecule has 0 unspecified atom stereocenters. The van der Waals surface area contributed by atoms with Gasteiger partial charge in [-0.05, 0) is 12.1 Å². The van der Waals surface area contributed by atoms with Crippen LogP contribution in [0.2, 0.25) is 5.02 Å². The fourth-order valence-electron chi connectivity index (χ4n) is 2.33. The van der Waals surface area contributed by atoms with Gasteiger partial charge in [-0.15, -0.1) is 12.4 Å². The summed E-state index contributed by atoms with van der Waals surface area (Å²) in [6, 6.07) is 9.38. The zero-order valence-corrected chi connectivity index (χ0v) is 13.9. The third-order valence-electron chi connectivity index (χ3n) is 3.44. The Kier molecular flexibility index (Phi) is 5.99. The third kappa shape index (κ3) is 4.02. The minimum absolute atomic E-state index is 0. The summed E-state index contributed by atoms with van der Waals surface area (Å²) in [5, 5.41) is 16.0. The molecule has 2 heterocycles. The Balaban J connectivity index is 0.00000192. The molecule has 1 aromatic carbocycles. The topological polar surface area (TPSA) is 76.9 Å². The molecule has 3 rings (SSSR count). The number of nitrogens with zero attached hydrogens (tertiary/aromatic N) is 4. The highest BCUT2D eigenvalue weighted by Crippen LogP contribution is 2.26. The van der Waals surface area contributed by atoms with Crippen LogP contribution in [0.15, 0.2) is 30.5 Å². The maximum Gasteiger partial charge on any atom is 0.229 e. The number of benzene rings is 1. The van der Waals surface area contributed by atoms with E-state index >= 15 is 0 Å². The van der Waals surface area contributed by atoms with E-state index in [1.807, 2.05) is 18.2 Å². The van der Waals surface area contributed by atoms with Crippen LogP contribution in [0, 0.1) is 11.3 Å². The van der Waals surface area contributed by atoms with E-state index in [0.717, 1.165) is 32.0 Å². The molecule has 0 saturated carbocycles. The lowest BCUT2D eigenvalue weighted by Crippen LogP contribution is -2.44. The monoisotopic (exact) mass is 350 g/mol. The number of nitriles is 1. The van der Waals surface area contributed by atoms with Crippen molar-refractivity contribution in [2.75, 3.05) is 36.4 Å². The molecule has 120 valence electrons. The molecule has 1 fully saturated rings. The number of aromatic nitrogens is 2. The van der Waals surface area contributed by atoms with Crippen molar-refractivity contribution in [1.82, 2.24) is 15.3 Å². The summed E-state index contributed by atoms with van der Waals surface area (Å²) in [6.07, 6.45) is 1.59. The van der Waals surface area contributed by atoms with Gasteiger partial charge in [0.2, 0.25) is 5.95 Å². The summed E-state index contributed by atoms with van der Waals surface area (Å²) < 4.78 is 0. The van der Waals surface area contributed by atoms with Crippen molar-refractivity contribution >= 4 is 41.5 Å². The van der Waals surface area contributed by atoms with Gasteiger partial charge in [-0.25, -0.2) is 4.98 Å². The standard InChI is InChI=1S/C15H15ClN6.ClH/c16-12-10-19-15(20-13-4-2-1-3-11(13)9-17)21-14(12)22-7-5-18-6-8-22;/h1-4,10,18H,5-8H2,(H,19,20,21);1H. The highest BCUT2D eigenvalue weighted by molar-refractivity contribution is 6.32. The Morgan fingerprint density at radius 1 is 1.26 bits per heavy atom. The largest absolute Gasteiger partial charge is 0.353 e. The van der Waals surface area contributed by atoms with E-state index in [1.54, 1.807) is 12.3 Å². The van der Waals surface area contributed by atoms with Crippen LogP contribution in [0.25, 0.3) is 0 Å². The van der Waals surface area contributed by atoms with Gasteiger partial charge >= 0.3 is 0 Å². The number of hydrogen-bond donors (Lipinski definition) is 2. The zero-order valence-electron chi connectivity index (χ0n) is 12.3. The molecule has 8 heteroatoms. The van der Waals surface area contributed by atoms with Crippen molar-refractivity contribution < 1.29 is 0 Å². The number of anilines is 3. The van der Waals surface area contributed by atoms with Gasteiger partial charge in [-0.2, -0.15) is 10.2 Å². The first-order valence-corrected chi connectivity index (χ1v) is 7.40. The minimum Gasteiger partial charge on any atom is -0.353 e. The highest BCUT2D eigenvalue weighted by atomic mass is 35.5.